The Morgan fingerprint density at radius 2 is 1.78 bits per heavy atom. The molecule has 3 aromatic rings. The highest BCUT2D eigenvalue weighted by Crippen LogP contribution is 2.31. The van der Waals surface area contributed by atoms with Crippen LogP contribution in [0, 0.1) is 11.6 Å². The molecule has 0 saturated heterocycles. The second kappa shape index (κ2) is 7.43. The van der Waals surface area contributed by atoms with E-state index in [1.807, 2.05) is 0 Å². The Hall–Kier alpha value is -2.81. The lowest BCUT2D eigenvalue weighted by atomic mass is 10.1. The molecule has 27 heavy (non-hydrogen) atoms. The van der Waals surface area contributed by atoms with Gasteiger partial charge in [-0.3, -0.25) is 4.90 Å². The molecule has 0 spiro atoms. The predicted octanol–water partition coefficient (Wildman–Crippen LogP) is 4.67. The Kier molecular flexibility index (Phi) is 5.22. The summed E-state index contributed by atoms with van der Waals surface area (Å²) in [7, 11) is 1.70. The molecule has 0 aliphatic carbocycles. The van der Waals surface area contributed by atoms with Gasteiger partial charge in [0.2, 0.25) is 11.7 Å². The number of alkyl halides is 3. The van der Waals surface area contributed by atoms with Crippen molar-refractivity contribution in [1.82, 2.24) is 15.0 Å². The normalized spacial score (nSPS) is 12.0. The van der Waals surface area contributed by atoms with E-state index >= 15 is 0 Å². The number of rotatable bonds is 5. The smallest absolute Gasteiger partial charge is 0.338 e. The highest BCUT2D eigenvalue weighted by atomic mass is 19.4. The molecule has 1 heterocycles. The first-order chi connectivity index (χ1) is 12.7. The molecular weight excluding hydrogens is 369 g/mol. The largest absolute Gasteiger partial charge is 0.416 e. The van der Waals surface area contributed by atoms with Crippen LogP contribution in [-0.2, 0) is 19.3 Å². The maximum absolute atomic E-state index is 13.2. The number of benzene rings is 2. The van der Waals surface area contributed by atoms with Gasteiger partial charge in [0.1, 0.15) is 0 Å². The van der Waals surface area contributed by atoms with Gasteiger partial charge in [-0.2, -0.15) is 18.2 Å². The van der Waals surface area contributed by atoms with Crippen LogP contribution in [0.15, 0.2) is 47.0 Å². The zero-order valence-electron chi connectivity index (χ0n) is 14.1. The fourth-order valence-corrected chi connectivity index (χ4v) is 2.51. The fraction of sp³-hybridized carbons (Fsp3) is 0.222. The molecule has 0 atom stereocenters. The molecule has 0 N–H and O–H groups in total. The number of hydrogen-bond acceptors (Lipinski definition) is 4. The molecule has 2 aromatic carbocycles. The second-order valence-corrected chi connectivity index (χ2v) is 6.01. The van der Waals surface area contributed by atoms with Crippen LogP contribution in [0.1, 0.15) is 17.0 Å². The molecule has 4 nitrogen and oxygen atoms in total. The fourth-order valence-electron chi connectivity index (χ4n) is 2.51. The van der Waals surface area contributed by atoms with Gasteiger partial charge in [0.15, 0.2) is 11.6 Å². The SMILES string of the molecule is CN(Cc1ccc(F)c(F)c1)Cc1nc(-c2cccc(C(F)(F)F)c2)no1. The van der Waals surface area contributed by atoms with Gasteiger partial charge in [0, 0.05) is 12.1 Å². The van der Waals surface area contributed by atoms with E-state index < -0.39 is 23.4 Å². The van der Waals surface area contributed by atoms with Gasteiger partial charge in [-0.05, 0) is 36.9 Å². The Bertz CT molecular complexity index is 939. The number of hydrogen-bond donors (Lipinski definition) is 0. The minimum Gasteiger partial charge on any atom is -0.338 e. The predicted molar refractivity (Wildman–Crippen MR) is 86.3 cm³/mol. The Balaban J connectivity index is 1.69. The van der Waals surface area contributed by atoms with Gasteiger partial charge in [-0.25, -0.2) is 8.78 Å². The molecular formula is C18H14F5N3O. The van der Waals surface area contributed by atoms with Crippen molar-refractivity contribution in [2.75, 3.05) is 7.05 Å². The molecule has 3 rings (SSSR count). The minimum absolute atomic E-state index is 0.0392. The topological polar surface area (TPSA) is 42.2 Å². The molecule has 0 fully saturated rings. The average molecular weight is 383 g/mol. The quantitative estimate of drug-likeness (QED) is 0.601. The third kappa shape index (κ3) is 4.68. The Morgan fingerprint density at radius 3 is 2.48 bits per heavy atom. The Labute approximate surface area is 151 Å². The van der Waals surface area contributed by atoms with Crippen LogP contribution in [-0.4, -0.2) is 22.1 Å². The molecule has 0 aliphatic rings. The van der Waals surface area contributed by atoms with Crippen molar-refractivity contribution in [3.8, 4) is 11.4 Å². The lowest BCUT2D eigenvalue weighted by Crippen LogP contribution is -2.17. The van der Waals surface area contributed by atoms with E-state index in [9.17, 15) is 22.0 Å². The number of halogens is 5. The van der Waals surface area contributed by atoms with Crippen molar-refractivity contribution in [3.63, 3.8) is 0 Å². The van der Waals surface area contributed by atoms with Gasteiger partial charge >= 0.3 is 6.18 Å². The highest BCUT2D eigenvalue weighted by molar-refractivity contribution is 5.55. The van der Waals surface area contributed by atoms with Crippen LogP contribution in [0.2, 0.25) is 0 Å². The van der Waals surface area contributed by atoms with E-state index in [4.69, 9.17) is 4.52 Å². The summed E-state index contributed by atoms with van der Waals surface area (Å²) in [6, 6.07) is 8.21. The molecule has 9 heteroatoms. The van der Waals surface area contributed by atoms with Crippen LogP contribution in [0.25, 0.3) is 11.4 Å². The van der Waals surface area contributed by atoms with Gasteiger partial charge in [-0.1, -0.05) is 23.4 Å². The molecule has 1 aromatic heterocycles. The molecule has 0 unspecified atom stereocenters. The third-order valence-electron chi connectivity index (χ3n) is 3.76. The summed E-state index contributed by atoms with van der Waals surface area (Å²) in [5.74, 6) is -1.64. The second-order valence-electron chi connectivity index (χ2n) is 6.01. The maximum atomic E-state index is 13.2. The summed E-state index contributed by atoms with van der Waals surface area (Å²) in [4.78, 5) is 5.81. The van der Waals surface area contributed by atoms with E-state index in [0.717, 1.165) is 24.3 Å². The minimum atomic E-state index is -4.47. The van der Waals surface area contributed by atoms with Gasteiger partial charge in [0.05, 0.1) is 12.1 Å². The molecule has 142 valence electrons. The van der Waals surface area contributed by atoms with Crippen LogP contribution in [0.3, 0.4) is 0 Å². The summed E-state index contributed by atoms with van der Waals surface area (Å²) in [5, 5.41) is 3.71. The van der Waals surface area contributed by atoms with E-state index in [1.54, 1.807) is 11.9 Å². The lowest BCUT2D eigenvalue weighted by Gasteiger charge is -2.14. The summed E-state index contributed by atoms with van der Waals surface area (Å²) >= 11 is 0. The van der Waals surface area contributed by atoms with Crippen LogP contribution in [0.4, 0.5) is 22.0 Å². The van der Waals surface area contributed by atoms with Crippen LogP contribution in [0.5, 0.6) is 0 Å². The van der Waals surface area contributed by atoms with Crippen molar-refractivity contribution in [1.29, 1.82) is 0 Å². The van der Waals surface area contributed by atoms with Crippen molar-refractivity contribution in [3.05, 3.63) is 71.1 Å². The van der Waals surface area contributed by atoms with Crippen molar-refractivity contribution in [2.45, 2.75) is 19.3 Å². The zero-order valence-corrected chi connectivity index (χ0v) is 14.1. The van der Waals surface area contributed by atoms with Gasteiger partial charge in [-0.15, -0.1) is 0 Å². The molecule has 0 bridgehead atoms. The monoisotopic (exact) mass is 383 g/mol. The summed E-state index contributed by atoms with van der Waals surface area (Å²) in [6.07, 6.45) is -4.47. The van der Waals surface area contributed by atoms with Crippen molar-refractivity contribution in [2.24, 2.45) is 0 Å². The van der Waals surface area contributed by atoms with Crippen molar-refractivity contribution >= 4 is 0 Å². The van der Waals surface area contributed by atoms with E-state index in [-0.39, 0.29) is 23.8 Å². The van der Waals surface area contributed by atoms with E-state index in [0.29, 0.717) is 12.1 Å². The first kappa shape index (κ1) is 19.0. The summed E-state index contributed by atoms with van der Waals surface area (Å²) < 4.78 is 69.7. The summed E-state index contributed by atoms with van der Waals surface area (Å²) in [6.45, 7) is 0.476. The Morgan fingerprint density at radius 1 is 1.00 bits per heavy atom. The standard InChI is InChI=1S/C18H14F5N3O/c1-26(9-11-5-6-14(19)15(20)7-11)10-16-24-17(25-27-16)12-3-2-4-13(8-12)18(21,22)23/h2-8H,9-10H2,1H3. The van der Waals surface area contributed by atoms with Gasteiger partial charge in [0.25, 0.3) is 0 Å². The number of aromatic nitrogens is 2. The van der Waals surface area contributed by atoms with E-state index in [1.165, 1.54) is 18.2 Å². The average Bonchev–Trinajstić information content (AvgIpc) is 3.06. The number of nitrogens with zero attached hydrogens (tertiary/aromatic N) is 3. The van der Waals surface area contributed by atoms with E-state index in [2.05, 4.69) is 10.1 Å². The summed E-state index contributed by atoms with van der Waals surface area (Å²) in [5.41, 5.74) is -0.0705. The zero-order chi connectivity index (χ0) is 19.6. The third-order valence-corrected chi connectivity index (χ3v) is 3.76. The van der Waals surface area contributed by atoms with Crippen molar-refractivity contribution < 1.29 is 26.5 Å². The first-order valence-electron chi connectivity index (χ1n) is 7.85. The molecule has 0 amide bonds. The van der Waals surface area contributed by atoms with Gasteiger partial charge < -0.3 is 4.52 Å². The molecule has 0 radical (unpaired) electrons. The first-order valence-corrected chi connectivity index (χ1v) is 7.85. The molecule has 0 saturated carbocycles. The van der Waals surface area contributed by atoms with Crippen LogP contribution < -0.4 is 0 Å². The maximum Gasteiger partial charge on any atom is 0.416 e. The van der Waals surface area contributed by atoms with Crippen LogP contribution >= 0.6 is 0 Å². The highest BCUT2D eigenvalue weighted by Gasteiger charge is 2.30. The molecule has 0 aliphatic heterocycles. The lowest BCUT2D eigenvalue weighted by molar-refractivity contribution is -0.137.